The minimum atomic E-state index is 0.237. The Kier molecular flexibility index (Phi) is 5.42. The highest BCUT2D eigenvalue weighted by molar-refractivity contribution is 6.38. The van der Waals surface area contributed by atoms with Gasteiger partial charge in [0.25, 0.3) is 0 Å². The number of carbonyl (C=O) groups excluding carboxylic acids is 1. The van der Waals surface area contributed by atoms with Crippen molar-refractivity contribution in [3.05, 3.63) is 28.0 Å². The summed E-state index contributed by atoms with van der Waals surface area (Å²) in [5.41, 5.74) is 0.743. The zero-order chi connectivity index (χ0) is 19.0. The number of fused-ring (bicyclic) bond motifs is 1. The number of carbonyl (C=O) groups is 1. The molecule has 1 aliphatic carbocycles. The molecule has 2 fully saturated rings. The lowest BCUT2D eigenvalue weighted by molar-refractivity contribution is -0.135. The largest absolute Gasteiger partial charge is 0.352 e. The average molecular weight is 407 g/mol. The number of benzene rings is 1. The first-order valence-corrected chi connectivity index (χ1v) is 10.5. The fourth-order valence-corrected chi connectivity index (χ4v) is 4.69. The van der Waals surface area contributed by atoms with E-state index in [1.165, 1.54) is 12.8 Å². The summed E-state index contributed by atoms with van der Waals surface area (Å²) in [6.45, 7) is 5.02. The molecule has 0 radical (unpaired) electrons. The van der Waals surface area contributed by atoms with E-state index in [9.17, 15) is 4.79 Å². The van der Waals surface area contributed by atoms with Crippen molar-refractivity contribution in [2.45, 2.75) is 39.0 Å². The maximum atomic E-state index is 12.7. The summed E-state index contributed by atoms with van der Waals surface area (Å²) in [4.78, 5) is 26.3. The van der Waals surface area contributed by atoms with E-state index in [1.54, 1.807) is 6.07 Å². The highest BCUT2D eigenvalue weighted by Crippen LogP contribution is 2.33. The predicted molar refractivity (Wildman–Crippen MR) is 110 cm³/mol. The lowest BCUT2D eigenvalue weighted by Crippen LogP contribution is -2.50. The number of nitrogens with zero attached hydrogens (tertiary/aromatic N) is 4. The highest BCUT2D eigenvalue weighted by atomic mass is 35.5. The number of amides is 1. The number of halogens is 2. The number of aromatic nitrogens is 2. The molecule has 4 rings (SSSR count). The zero-order valence-corrected chi connectivity index (χ0v) is 17.1. The second-order valence-electron chi connectivity index (χ2n) is 7.39. The number of rotatable bonds is 3. The molecule has 0 atom stereocenters. The Morgan fingerprint density at radius 3 is 2.48 bits per heavy atom. The van der Waals surface area contributed by atoms with Crippen LogP contribution in [0.3, 0.4) is 0 Å². The molecule has 1 aliphatic heterocycles. The van der Waals surface area contributed by atoms with Crippen molar-refractivity contribution in [2.24, 2.45) is 5.92 Å². The summed E-state index contributed by atoms with van der Waals surface area (Å²) in [5.74, 6) is 2.21. The Morgan fingerprint density at radius 1 is 1.11 bits per heavy atom. The van der Waals surface area contributed by atoms with Crippen molar-refractivity contribution < 1.29 is 4.79 Å². The van der Waals surface area contributed by atoms with Crippen LogP contribution in [-0.4, -0.2) is 47.0 Å². The van der Waals surface area contributed by atoms with Crippen molar-refractivity contribution in [1.29, 1.82) is 0 Å². The van der Waals surface area contributed by atoms with Crippen molar-refractivity contribution in [3.63, 3.8) is 0 Å². The fraction of sp³-hybridized carbons (Fsp3) is 0.550. The number of hydrogen-bond donors (Lipinski definition) is 0. The quantitative estimate of drug-likeness (QED) is 0.760. The lowest BCUT2D eigenvalue weighted by atomic mass is 10.1. The Labute approximate surface area is 169 Å². The van der Waals surface area contributed by atoms with Crippen molar-refractivity contribution in [2.75, 3.05) is 31.1 Å². The molecule has 1 saturated heterocycles. The first kappa shape index (κ1) is 18.8. The van der Waals surface area contributed by atoms with Gasteiger partial charge >= 0.3 is 0 Å². The Morgan fingerprint density at radius 2 is 1.81 bits per heavy atom. The molecule has 1 aromatic carbocycles. The second-order valence-corrected chi connectivity index (χ2v) is 8.24. The van der Waals surface area contributed by atoms with Gasteiger partial charge in [-0.25, -0.2) is 9.97 Å². The van der Waals surface area contributed by atoms with E-state index in [2.05, 4.69) is 9.88 Å². The van der Waals surface area contributed by atoms with E-state index in [-0.39, 0.29) is 5.92 Å². The lowest BCUT2D eigenvalue weighted by Gasteiger charge is -2.37. The normalized spacial score (nSPS) is 18.5. The third-order valence-corrected chi connectivity index (χ3v) is 6.16. The summed E-state index contributed by atoms with van der Waals surface area (Å²) in [6, 6.07) is 3.60. The van der Waals surface area contributed by atoms with Gasteiger partial charge in [0.2, 0.25) is 5.91 Å². The van der Waals surface area contributed by atoms with Crippen LogP contribution in [0.5, 0.6) is 0 Å². The molecule has 1 saturated carbocycles. The van der Waals surface area contributed by atoms with Gasteiger partial charge in [-0.2, -0.15) is 0 Å². The van der Waals surface area contributed by atoms with Gasteiger partial charge < -0.3 is 9.80 Å². The number of anilines is 1. The minimum Gasteiger partial charge on any atom is -0.352 e. The van der Waals surface area contributed by atoms with E-state index in [0.29, 0.717) is 16.0 Å². The van der Waals surface area contributed by atoms with Gasteiger partial charge in [-0.1, -0.05) is 43.0 Å². The van der Waals surface area contributed by atoms with Crippen molar-refractivity contribution in [1.82, 2.24) is 14.9 Å². The van der Waals surface area contributed by atoms with Gasteiger partial charge in [0.1, 0.15) is 11.6 Å². The molecule has 1 amide bonds. The van der Waals surface area contributed by atoms with Gasteiger partial charge in [0, 0.05) is 48.9 Å². The van der Waals surface area contributed by atoms with Gasteiger partial charge in [-0.05, 0) is 25.0 Å². The van der Waals surface area contributed by atoms with E-state index in [0.717, 1.165) is 68.0 Å². The van der Waals surface area contributed by atoms with Crippen LogP contribution in [-0.2, 0) is 11.2 Å². The summed E-state index contributed by atoms with van der Waals surface area (Å²) >= 11 is 12.6. The van der Waals surface area contributed by atoms with E-state index in [4.69, 9.17) is 28.2 Å². The molecule has 0 unspecified atom stereocenters. The first-order chi connectivity index (χ1) is 13.1. The summed E-state index contributed by atoms with van der Waals surface area (Å²) < 4.78 is 0. The van der Waals surface area contributed by atoms with Gasteiger partial charge in [0.05, 0.1) is 10.5 Å². The second kappa shape index (κ2) is 7.80. The van der Waals surface area contributed by atoms with Gasteiger partial charge in [0.15, 0.2) is 0 Å². The van der Waals surface area contributed by atoms with Crippen LogP contribution in [0, 0.1) is 5.92 Å². The maximum absolute atomic E-state index is 12.7. The smallest absolute Gasteiger partial charge is 0.225 e. The monoisotopic (exact) mass is 406 g/mol. The third-order valence-electron chi connectivity index (χ3n) is 5.66. The summed E-state index contributed by atoms with van der Waals surface area (Å²) in [7, 11) is 0. The molecule has 27 heavy (non-hydrogen) atoms. The van der Waals surface area contributed by atoms with Gasteiger partial charge in [-0.3, -0.25) is 4.79 Å². The van der Waals surface area contributed by atoms with Crippen molar-refractivity contribution >= 4 is 45.8 Å². The van der Waals surface area contributed by atoms with Crippen LogP contribution in [0.1, 0.15) is 38.4 Å². The highest BCUT2D eigenvalue weighted by Gasteiger charge is 2.30. The van der Waals surface area contributed by atoms with E-state index < -0.39 is 0 Å². The van der Waals surface area contributed by atoms with Crippen LogP contribution < -0.4 is 4.90 Å². The fourth-order valence-electron chi connectivity index (χ4n) is 4.16. The van der Waals surface area contributed by atoms with Crippen LogP contribution in [0.4, 0.5) is 5.82 Å². The van der Waals surface area contributed by atoms with Crippen LogP contribution in [0.15, 0.2) is 12.1 Å². The number of piperazine rings is 1. The molecule has 7 heteroatoms. The van der Waals surface area contributed by atoms with E-state index >= 15 is 0 Å². The molecule has 2 aliphatic rings. The molecule has 2 aromatic rings. The average Bonchev–Trinajstić information content (AvgIpc) is 3.22. The molecule has 5 nitrogen and oxygen atoms in total. The summed E-state index contributed by atoms with van der Waals surface area (Å²) in [6.07, 6.45) is 5.20. The molecule has 144 valence electrons. The number of hydrogen-bond acceptors (Lipinski definition) is 4. The molecule has 2 heterocycles. The maximum Gasteiger partial charge on any atom is 0.225 e. The molecular weight excluding hydrogens is 383 g/mol. The topological polar surface area (TPSA) is 49.3 Å². The first-order valence-electron chi connectivity index (χ1n) is 9.76. The molecular formula is C20H24Cl2N4O. The van der Waals surface area contributed by atoms with E-state index in [1.807, 2.05) is 17.9 Å². The molecule has 1 aromatic heterocycles. The van der Waals surface area contributed by atoms with Crippen LogP contribution >= 0.6 is 23.2 Å². The predicted octanol–water partition coefficient (Wildman–Crippen LogP) is 4.34. The third kappa shape index (κ3) is 3.72. The Balaban J connectivity index is 1.59. The van der Waals surface area contributed by atoms with Crippen molar-refractivity contribution in [3.8, 4) is 0 Å². The standard InChI is InChI=1S/C20H24Cl2N4O/c1-2-17-23-18-15(11-14(21)12-16(18)22)19(24-17)25-7-9-26(10-8-25)20(27)13-5-3-4-6-13/h11-13H,2-10H2,1H3. The summed E-state index contributed by atoms with van der Waals surface area (Å²) in [5, 5.41) is 2.00. The minimum absolute atomic E-state index is 0.237. The van der Waals surface area contributed by atoms with Crippen LogP contribution in [0.2, 0.25) is 10.0 Å². The molecule has 0 bridgehead atoms. The molecule has 0 N–H and O–H groups in total. The Bertz CT molecular complexity index is 859. The van der Waals surface area contributed by atoms with Gasteiger partial charge in [-0.15, -0.1) is 0 Å². The number of aryl methyl sites for hydroxylation is 1. The molecule has 0 spiro atoms. The van der Waals surface area contributed by atoms with Crippen LogP contribution in [0.25, 0.3) is 10.9 Å². The SMILES string of the molecule is CCc1nc(N2CCN(C(=O)C3CCCC3)CC2)c2cc(Cl)cc(Cl)c2n1. The zero-order valence-electron chi connectivity index (χ0n) is 15.5. The Hall–Kier alpha value is -1.59.